The van der Waals surface area contributed by atoms with E-state index in [4.69, 9.17) is 4.74 Å². The normalized spacial score (nSPS) is 13.6. The summed E-state index contributed by atoms with van der Waals surface area (Å²) in [4.78, 5) is 16.0. The molecular weight excluding hydrogens is 237 g/mol. The first-order valence-electron chi connectivity index (χ1n) is 6.37. The minimum absolute atomic E-state index is 0.261. The van der Waals surface area contributed by atoms with Gasteiger partial charge in [-0.3, -0.25) is 4.98 Å². The predicted molar refractivity (Wildman–Crippen MR) is 73.8 cm³/mol. The SMILES string of the molecule is O=C1OCCc2nc([B]Cc3ccccc3)ccc21. The Balaban J connectivity index is 1.74. The number of esters is 1. The molecule has 0 bridgehead atoms. The van der Waals surface area contributed by atoms with Gasteiger partial charge in [0.25, 0.3) is 0 Å². The number of fused-ring (bicyclic) bond motifs is 1. The van der Waals surface area contributed by atoms with E-state index in [0.29, 0.717) is 18.6 Å². The summed E-state index contributed by atoms with van der Waals surface area (Å²) in [7, 11) is 2.08. The van der Waals surface area contributed by atoms with Crippen molar-refractivity contribution in [1.29, 1.82) is 0 Å². The number of carbonyl (C=O) groups is 1. The summed E-state index contributed by atoms with van der Waals surface area (Å²) < 4.78 is 4.98. The minimum atomic E-state index is -0.261. The smallest absolute Gasteiger partial charge is 0.340 e. The zero-order valence-corrected chi connectivity index (χ0v) is 10.5. The van der Waals surface area contributed by atoms with Crippen LogP contribution in [0.1, 0.15) is 21.6 Å². The Morgan fingerprint density at radius 2 is 2.00 bits per heavy atom. The minimum Gasteiger partial charge on any atom is -0.462 e. The van der Waals surface area contributed by atoms with Crippen LogP contribution < -0.4 is 5.59 Å². The van der Waals surface area contributed by atoms with Gasteiger partial charge in [-0.1, -0.05) is 35.9 Å². The van der Waals surface area contributed by atoms with Gasteiger partial charge in [0.05, 0.1) is 17.9 Å². The van der Waals surface area contributed by atoms with Gasteiger partial charge in [-0.25, -0.2) is 4.79 Å². The topological polar surface area (TPSA) is 39.2 Å². The van der Waals surface area contributed by atoms with Crippen LogP contribution in [0.2, 0.25) is 0 Å². The molecule has 3 rings (SSSR count). The number of cyclic esters (lactones) is 1. The monoisotopic (exact) mass is 250 g/mol. The third-order valence-electron chi connectivity index (χ3n) is 3.18. The molecule has 1 aromatic heterocycles. The molecule has 0 aliphatic carbocycles. The van der Waals surface area contributed by atoms with Crippen LogP contribution in [-0.2, 0) is 17.5 Å². The molecular formula is C15H13BNO2. The van der Waals surface area contributed by atoms with E-state index in [1.54, 1.807) is 6.07 Å². The fraction of sp³-hybridized carbons (Fsp3) is 0.200. The van der Waals surface area contributed by atoms with Crippen molar-refractivity contribution in [1.82, 2.24) is 4.98 Å². The third-order valence-corrected chi connectivity index (χ3v) is 3.18. The number of rotatable bonds is 3. The van der Waals surface area contributed by atoms with Gasteiger partial charge in [0.1, 0.15) is 0 Å². The maximum atomic E-state index is 11.5. The first-order chi connectivity index (χ1) is 9.33. The van der Waals surface area contributed by atoms with Crippen molar-refractivity contribution in [3.63, 3.8) is 0 Å². The van der Waals surface area contributed by atoms with E-state index in [1.807, 2.05) is 24.3 Å². The van der Waals surface area contributed by atoms with E-state index in [1.165, 1.54) is 5.56 Å². The Morgan fingerprint density at radius 1 is 1.16 bits per heavy atom. The molecule has 0 spiro atoms. The number of carbonyl (C=O) groups excluding carboxylic acids is 1. The maximum Gasteiger partial charge on any atom is 0.340 e. The number of benzene rings is 1. The molecule has 1 aliphatic heterocycles. The lowest BCUT2D eigenvalue weighted by Gasteiger charge is -2.15. The van der Waals surface area contributed by atoms with Gasteiger partial charge in [0.2, 0.25) is 0 Å². The lowest BCUT2D eigenvalue weighted by molar-refractivity contribution is 0.0477. The summed E-state index contributed by atoms with van der Waals surface area (Å²) in [6.45, 7) is 0.432. The van der Waals surface area contributed by atoms with E-state index in [-0.39, 0.29) is 5.97 Å². The van der Waals surface area contributed by atoms with Crippen molar-refractivity contribution in [2.24, 2.45) is 0 Å². The third kappa shape index (κ3) is 2.68. The van der Waals surface area contributed by atoms with Gasteiger partial charge < -0.3 is 4.74 Å². The van der Waals surface area contributed by atoms with Crippen molar-refractivity contribution < 1.29 is 9.53 Å². The summed E-state index contributed by atoms with van der Waals surface area (Å²) in [5.41, 5.74) is 3.61. The summed E-state index contributed by atoms with van der Waals surface area (Å²) in [6.07, 6.45) is 1.55. The van der Waals surface area contributed by atoms with Crippen LogP contribution >= 0.6 is 0 Å². The van der Waals surface area contributed by atoms with Gasteiger partial charge in [0, 0.05) is 6.42 Å². The second kappa shape index (κ2) is 5.27. The molecule has 93 valence electrons. The van der Waals surface area contributed by atoms with Crippen LogP contribution in [0.25, 0.3) is 0 Å². The van der Waals surface area contributed by atoms with E-state index in [2.05, 4.69) is 24.4 Å². The Kier molecular flexibility index (Phi) is 3.32. The molecule has 0 amide bonds. The molecule has 0 saturated heterocycles. The molecule has 1 radical (unpaired) electrons. The lowest BCUT2D eigenvalue weighted by atomic mass is 9.68. The van der Waals surface area contributed by atoms with Crippen LogP contribution in [0.15, 0.2) is 42.5 Å². The Bertz CT molecular complexity index is 598. The first-order valence-corrected chi connectivity index (χ1v) is 6.37. The van der Waals surface area contributed by atoms with Gasteiger partial charge in [-0.05, 0) is 24.0 Å². The standard InChI is InChI=1S/C15H13BNO2/c18-15-12-6-7-14(17-13(12)8-9-19-15)16-10-11-4-2-1-3-5-11/h1-7H,8-10H2. The summed E-state index contributed by atoms with van der Waals surface area (Å²) in [5, 5.41) is 0. The average molecular weight is 250 g/mol. The second-order valence-electron chi connectivity index (χ2n) is 4.51. The van der Waals surface area contributed by atoms with Crippen molar-refractivity contribution in [2.75, 3.05) is 6.61 Å². The molecule has 0 atom stereocenters. The van der Waals surface area contributed by atoms with Gasteiger partial charge in [-0.15, -0.1) is 0 Å². The molecule has 0 saturated carbocycles. The highest BCUT2D eigenvalue weighted by atomic mass is 16.5. The summed E-state index contributed by atoms with van der Waals surface area (Å²) in [5.74, 6) is -0.261. The zero-order valence-electron chi connectivity index (χ0n) is 10.5. The van der Waals surface area contributed by atoms with E-state index >= 15 is 0 Å². The Hall–Kier alpha value is -2.10. The van der Waals surface area contributed by atoms with Crippen LogP contribution in [-0.4, -0.2) is 24.8 Å². The number of hydrogen-bond acceptors (Lipinski definition) is 3. The van der Waals surface area contributed by atoms with Crippen LogP contribution in [0.5, 0.6) is 0 Å². The van der Waals surface area contributed by atoms with Gasteiger partial charge >= 0.3 is 5.97 Å². The molecule has 0 fully saturated rings. The van der Waals surface area contributed by atoms with Crippen LogP contribution in [0, 0.1) is 0 Å². The number of aromatic nitrogens is 1. The highest BCUT2D eigenvalue weighted by Gasteiger charge is 2.19. The van der Waals surface area contributed by atoms with Crippen LogP contribution in [0.3, 0.4) is 0 Å². The molecule has 0 unspecified atom stereocenters. The van der Waals surface area contributed by atoms with E-state index in [9.17, 15) is 4.79 Å². The Labute approximate surface area is 112 Å². The maximum absolute atomic E-state index is 11.5. The first kappa shape index (κ1) is 12.0. The molecule has 2 heterocycles. The highest BCUT2D eigenvalue weighted by Crippen LogP contribution is 2.12. The van der Waals surface area contributed by atoms with Crippen molar-refractivity contribution in [3.05, 3.63) is 59.3 Å². The number of pyridine rings is 1. The molecule has 19 heavy (non-hydrogen) atoms. The van der Waals surface area contributed by atoms with E-state index < -0.39 is 0 Å². The molecule has 1 aromatic carbocycles. The quantitative estimate of drug-likeness (QED) is 0.609. The number of hydrogen-bond donors (Lipinski definition) is 0. The molecule has 1 aliphatic rings. The van der Waals surface area contributed by atoms with Crippen molar-refractivity contribution in [2.45, 2.75) is 12.7 Å². The predicted octanol–water partition coefficient (Wildman–Crippen LogP) is 1.32. The van der Waals surface area contributed by atoms with Crippen LogP contribution in [0.4, 0.5) is 0 Å². The zero-order chi connectivity index (χ0) is 13.1. The van der Waals surface area contributed by atoms with Crippen molar-refractivity contribution in [3.8, 4) is 0 Å². The largest absolute Gasteiger partial charge is 0.462 e. The fourth-order valence-corrected chi connectivity index (χ4v) is 2.16. The average Bonchev–Trinajstić information content (AvgIpc) is 2.46. The highest BCUT2D eigenvalue weighted by molar-refractivity contribution is 6.51. The molecule has 4 heteroatoms. The molecule has 3 nitrogen and oxygen atoms in total. The molecule has 0 N–H and O–H groups in total. The fourth-order valence-electron chi connectivity index (χ4n) is 2.16. The lowest BCUT2D eigenvalue weighted by Crippen LogP contribution is -2.27. The Morgan fingerprint density at radius 3 is 2.84 bits per heavy atom. The van der Waals surface area contributed by atoms with Crippen molar-refractivity contribution >= 4 is 18.8 Å². The van der Waals surface area contributed by atoms with Gasteiger partial charge in [-0.2, -0.15) is 0 Å². The van der Waals surface area contributed by atoms with E-state index in [0.717, 1.165) is 17.6 Å². The summed E-state index contributed by atoms with van der Waals surface area (Å²) in [6, 6.07) is 13.9. The number of nitrogens with zero attached hydrogens (tertiary/aromatic N) is 1. The van der Waals surface area contributed by atoms with Gasteiger partial charge in [0.15, 0.2) is 7.28 Å². The molecule has 2 aromatic rings. The summed E-state index contributed by atoms with van der Waals surface area (Å²) >= 11 is 0. The second-order valence-corrected chi connectivity index (χ2v) is 4.51. The number of ether oxygens (including phenoxy) is 1.